The molecule has 44 heavy (non-hydrogen) atoms. The molecule has 4 aromatic rings. The van der Waals surface area contributed by atoms with Crippen molar-refractivity contribution in [2.75, 3.05) is 6.61 Å². The second kappa shape index (κ2) is 12.7. The molecule has 3 aromatic heterocycles. The van der Waals surface area contributed by atoms with Gasteiger partial charge in [0.2, 0.25) is 0 Å². The first-order chi connectivity index (χ1) is 20.5. The Morgan fingerprint density at radius 3 is 2.36 bits per heavy atom. The number of nitrogens with zero attached hydrogens (tertiary/aromatic N) is 4. The van der Waals surface area contributed by atoms with Crippen LogP contribution >= 0.6 is 0 Å². The number of fused-ring (bicyclic) bond motifs is 1. The number of hydrogen-bond acceptors (Lipinski definition) is 8. The fourth-order valence-corrected chi connectivity index (χ4v) is 4.23. The smallest absolute Gasteiger partial charge is 0.425 e. The van der Waals surface area contributed by atoms with Gasteiger partial charge in [0.1, 0.15) is 18.1 Å². The average Bonchev–Trinajstić information content (AvgIpc) is 2.92. The molecule has 0 aliphatic carbocycles. The Morgan fingerprint density at radius 2 is 1.75 bits per heavy atom. The van der Waals surface area contributed by atoms with Gasteiger partial charge in [0.05, 0.1) is 35.9 Å². The first-order valence-corrected chi connectivity index (χ1v) is 12.8. The topological polar surface area (TPSA) is 132 Å². The van der Waals surface area contributed by atoms with Crippen molar-refractivity contribution < 1.29 is 45.3 Å². The van der Waals surface area contributed by atoms with Gasteiger partial charge in [-0.2, -0.15) is 27.1 Å². The molecule has 10 nitrogen and oxygen atoms in total. The Labute approximate surface area is 243 Å². The minimum absolute atomic E-state index is 0.0215. The predicted octanol–water partition coefficient (Wildman–Crippen LogP) is 4.34. The largest absolute Gasteiger partial charge is 0.485 e. The van der Waals surface area contributed by atoms with Gasteiger partial charge in [-0.15, -0.1) is 0 Å². The molecule has 0 saturated carbocycles. The molecule has 0 amide bonds. The highest BCUT2D eigenvalue weighted by atomic mass is 19.4. The van der Waals surface area contributed by atoms with E-state index in [9.17, 15) is 36.6 Å². The maximum absolute atomic E-state index is 15.1. The number of benzene rings is 1. The Kier molecular flexibility index (Phi) is 9.39. The summed E-state index contributed by atoms with van der Waals surface area (Å²) in [6.07, 6.45) is -5.56. The van der Waals surface area contributed by atoms with Gasteiger partial charge in [0, 0.05) is 30.6 Å². The molecule has 1 aromatic carbocycles. The van der Waals surface area contributed by atoms with E-state index in [4.69, 9.17) is 4.74 Å². The third kappa shape index (κ3) is 7.57. The molecule has 17 heteroatoms. The van der Waals surface area contributed by atoms with E-state index in [0.717, 1.165) is 10.6 Å². The van der Waals surface area contributed by atoms with Crippen LogP contribution in [0.4, 0.5) is 30.7 Å². The van der Waals surface area contributed by atoms with Gasteiger partial charge in [-0.05, 0) is 37.4 Å². The summed E-state index contributed by atoms with van der Waals surface area (Å²) in [6.45, 7) is -2.11. The van der Waals surface area contributed by atoms with Crippen LogP contribution in [0.25, 0.3) is 22.2 Å². The summed E-state index contributed by atoms with van der Waals surface area (Å²) in [6, 6.07) is 3.59. The molecule has 3 heterocycles. The maximum Gasteiger partial charge on any atom is 0.425 e. The molecule has 4 rings (SSSR count). The van der Waals surface area contributed by atoms with Crippen LogP contribution in [0, 0.1) is 5.82 Å². The standard InChI is InChI=1S/C27H24F7N5O5/c1-26(2,42)14-8-35-22(36-9-14)18-5-13-3-4-39(24(41)17(13)7-19(18)29)11-15(28)6-16(12-43-25(30)31)44-20-10-37-38-23(40)21(20)27(32,33)34/h3-5,7-10,15-16,25,42H,6,11-12H2,1-2H3,(H,38,40). The molecule has 0 saturated heterocycles. The lowest BCUT2D eigenvalue weighted by Gasteiger charge is -2.22. The van der Waals surface area contributed by atoms with Crippen LogP contribution in [0.2, 0.25) is 0 Å². The zero-order chi connectivity index (χ0) is 32.4. The number of aromatic nitrogens is 5. The number of rotatable bonds is 11. The molecular formula is C27H24F7N5O5. The molecule has 0 aliphatic heterocycles. The summed E-state index contributed by atoms with van der Waals surface area (Å²) in [5.74, 6) is -2.03. The Bertz CT molecular complexity index is 1740. The summed E-state index contributed by atoms with van der Waals surface area (Å²) < 4.78 is 106. The molecule has 2 N–H and O–H groups in total. The monoisotopic (exact) mass is 631 g/mol. The molecule has 0 aliphatic rings. The van der Waals surface area contributed by atoms with Gasteiger partial charge in [-0.25, -0.2) is 23.8 Å². The lowest BCUT2D eigenvalue weighted by atomic mass is 10.0. The van der Waals surface area contributed by atoms with Crippen molar-refractivity contribution in [2.24, 2.45) is 0 Å². The van der Waals surface area contributed by atoms with E-state index in [-0.39, 0.29) is 22.2 Å². The molecule has 0 bridgehead atoms. The fourth-order valence-electron chi connectivity index (χ4n) is 4.23. The van der Waals surface area contributed by atoms with Gasteiger partial charge in [-0.3, -0.25) is 9.59 Å². The van der Waals surface area contributed by atoms with Crippen LogP contribution < -0.4 is 15.9 Å². The number of ether oxygens (including phenoxy) is 2. The summed E-state index contributed by atoms with van der Waals surface area (Å²) in [7, 11) is 0. The van der Waals surface area contributed by atoms with Crippen LogP contribution in [0.3, 0.4) is 0 Å². The van der Waals surface area contributed by atoms with Gasteiger partial charge in [0.15, 0.2) is 17.1 Å². The van der Waals surface area contributed by atoms with E-state index in [1.807, 2.05) is 0 Å². The van der Waals surface area contributed by atoms with E-state index in [1.165, 1.54) is 44.6 Å². The Balaban J connectivity index is 1.57. The minimum Gasteiger partial charge on any atom is -0.485 e. The third-order valence-electron chi connectivity index (χ3n) is 6.38. The van der Waals surface area contributed by atoms with Crippen LogP contribution in [0.15, 0.2) is 52.6 Å². The second-order valence-electron chi connectivity index (χ2n) is 10.1. The van der Waals surface area contributed by atoms with Crippen LogP contribution in [-0.2, 0) is 23.1 Å². The number of halogens is 7. The number of hydrogen-bond donors (Lipinski definition) is 2. The number of pyridine rings is 1. The molecule has 236 valence electrons. The Morgan fingerprint density at radius 1 is 1.07 bits per heavy atom. The predicted molar refractivity (Wildman–Crippen MR) is 140 cm³/mol. The normalized spacial score (nSPS) is 13.8. The van der Waals surface area contributed by atoms with Crippen molar-refractivity contribution in [2.45, 2.75) is 57.5 Å². The van der Waals surface area contributed by atoms with Gasteiger partial charge < -0.3 is 19.1 Å². The van der Waals surface area contributed by atoms with E-state index >= 15 is 8.78 Å². The van der Waals surface area contributed by atoms with Crippen LogP contribution in [0.1, 0.15) is 31.4 Å². The summed E-state index contributed by atoms with van der Waals surface area (Å²) >= 11 is 0. The van der Waals surface area contributed by atoms with Crippen molar-refractivity contribution in [1.82, 2.24) is 24.7 Å². The molecule has 2 atom stereocenters. The maximum atomic E-state index is 15.1. The number of aromatic amines is 1. The van der Waals surface area contributed by atoms with E-state index in [0.29, 0.717) is 11.8 Å². The summed E-state index contributed by atoms with van der Waals surface area (Å²) in [5, 5.41) is 14.9. The lowest BCUT2D eigenvalue weighted by Crippen LogP contribution is -2.33. The van der Waals surface area contributed by atoms with E-state index in [2.05, 4.69) is 19.8 Å². The van der Waals surface area contributed by atoms with Crippen LogP contribution in [-0.4, -0.2) is 55.3 Å². The summed E-state index contributed by atoms with van der Waals surface area (Å²) in [4.78, 5) is 32.9. The Hall–Kier alpha value is -4.38. The van der Waals surface area contributed by atoms with Crippen molar-refractivity contribution in [3.8, 4) is 17.1 Å². The number of H-pyrrole nitrogens is 1. The highest BCUT2D eigenvalue weighted by molar-refractivity contribution is 5.86. The van der Waals surface area contributed by atoms with Crippen LogP contribution in [0.5, 0.6) is 5.75 Å². The van der Waals surface area contributed by atoms with E-state index < -0.39 is 78.5 Å². The highest BCUT2D eigenvalue weighted by Crippen LogP contribution is 2.33. The van der Waals surface area contributed by atoms with Gasteiger partial charge in [-0.1, -0.05) is 0 Å². The zero-order valence-electron chi connectivity index (χ0n) is 22.9. The molecule has 0 spiro atoms. The molecule has 0 fully saturated rings. The first kappa shape index (κ1) is 32.5. The highest BCUT2D eigenvalue weighted by Gasteiger charge is 2.39. The lowest BCUT2D eigenvalue weighted by molar-refractivity contribution is -0.151. The first-order valence-electron chi connectivity index (χ1n) is 12.8. The number of alkyl halides is 6. The van der Waals surface area contributed by atoms with Gasteiger partial charge in [0.25, 0.3) is 11.1 Å². The zero-order valence-corrected chi connectivity index (χ0v) is 22.9. The van der Waals surface area contributed by atoms with Crippen molar-refractivity contribution in [1.29, 1.82) is 0 Å². The SMILES string of the molecule is CC(C)(O)c1cnc(-c2cc3ccn(CC(F)CC(COC(F)F)Oc4cn[nH]c(=O)c4C(F)(F)F)c(=O)c3cc2F)nc1. The van der Waals surface area contributed by atoms with E-state index in [1.54, 1.807) is 5.10 Å². The van der Waals surface area contributed by atoms with Gasteiger partial charge >= 0.3 is 12.8 Å². The number of aliphatic hydroxyl groups is 1. The van der Waals surface area contributed by atoms with Crippen molar-refractivity contribution >= 4 is 10.8 Å². The molecular weight excluding hydrogens is 607 g/mol. The third-order valence-corrected chi connectivity index (χ3v) is 6.38. The number of nitrogens with one attached hydrogen (secondary N) is 1. The quantitative estimate of drug-likeness (QED) is 0.234. The average molecular weight is 632 g/mol. The summed E-state index contributed by atoms with van der Waals surface area (Å²) in [5.41, 5.74) is -5.20. The minimum atomic E-state index is -5.21. The van der Waals surface area contributed by atoms with Crippen molar-refractivity contribution in [3.63, 3.8) is 0 Å². The molecule has 0 radical (unpaired) electrons. The second-order valence-corrected chi connectivity index (χ2v) is 10.1. The molecule has 2 unspecified atom stereocenters. The van der Waals surface area contributed by atoms with Crippen molar-refractivity contribution in [3.05, 3.63) is 80.6 Å². The fraction of sp³-hybridized carbons (Fsp3) is 0.370.